The summed E-state index contributed by atoms with van der Waals surface area (Å²) in [4.78, 5) is 14.3. The van der Waals surface area contributed by atoms with E-state index in [1.54, 1.807) is 18.2 Å². The molecule has 8 heteroatoms. The maximum atomic E-state index is 12.8. The summed E-state index contributed by atoms with van der Waals surface area (Å²) < 4.78 is 27.1. The normalized spacial score (nSPS) is 15.7. The number of piperazine rings is 1. The molecule has 0 aliphatic carbocycles. The molecule has 1 amide bonds. The average molecular weight is 390 g/mol. The summed E-state index contributed by atoms with van der Waals surface area (Å²) in [5, 5.41) is 19.1. The first-order chi connectivity index (χ1) is 12.7. The topological polar surface area (TPSA) is 98.2 Å². The molecule has 1 fully saturated rings. The SMILES string of the molecule is Cc1ccc(S(=O)(=O)N2CCN(C(=O)c3cc(O)cc(O)c3)CC2)cc1C. The van der Waals surface area contributed by atoms with Crippen LogP contribution in [0.25, 0.3) is 0 Å². The minimum Gasteiger partial charge on any atom is -0.508 e. The number of carbonyl (C=O) groups excluding carboxylic acids is 1. The van der Waals surface area contributed by atoms with Crippen molar-refractivity contribution >= 4 is 15.9 Å². The number of nitrogens with zero attached hydrogens (tertiary/aromatic N) is 2. The minimum atomic E-state index is -3.61. The Kier molecular flexibility index (Phi) is 5.12. The van der Waals surface area contributed by atoms with Crippen molar-refractivity contribution in [2.24, 2.45) is 0 Å². The van der Waals surface area contributed by atoms with Crippen LogP contribution in [0.2, 0.25) is 0 Å². The first kappa shape index (κ1) is 19.2. The van der Waals surface area contributed by atoms with Crippen molar-refractivity contribution in [1.82, 2.24) is 9.21 Å². The summed E-state index contributed by atoms with van der Waals surface area (Å²) in [6.07, 6.45) is 0. The van der Waals surface area contributed by atoms with E-state index in [0.717, 1.165) is 17.2 Å². The monoisotopic (exact) mass is 390 g/mol. The molecular weight excluding hydrogens is 368 g/mol. The molecule has 0 atom stereocenters. The van der Waals surface area contributed by atoms with Gasteiger partial charge in [-0.05, 0) is 49.2 Å². The average Bonchev–Trinajstić information content (AvgIpc) is 2.62. The highest BCUT2D eigenvalue weighted by Crippen LogP contribution is 2.24. The zero-order valence-electron chi connectivity index (χ0n) is 15.2. The molecule has 2 aromatic carbocycles. The second kappa shape index (κ2) is 7.21. The maximum absolute atomic E-state index is 12.8. The van der Waals surface area contributed by atoms with Crippen LogP contribution in [0.15, 0.2) is 41.3 Å². The molecule has 0 spiro atoms. The molecule has 1 aliphatic rings. The van der Waals surface area contributed by atoms with E-state index < -0.39 is 10.0 Å². The van der Waals surface area contributed by atoms with Gasteiger partial charge < -0.3 is 15.1 Å². The van der Waals surface area contributed by atoms with Crippen LogP contribution in [0.3, 0.4) is 0 Å². The Morgan fingerprint density at radius 1 is 0.889 bits per heavy atom. The van der Waals surface area contributed by atoms with Crippen molar-refractivity contribution < 1.29 is 23.4 Å². The fraction of sp³-hybridized carbons (Fsp3) is 0.316. The molecule has 0 unspecified atom stereocenters. The van der Waals surface area contributed by atoms with E-state index in [4.69, 9.17) is 0 Å². The van der Waals surface area contributed by atoms with E-state index in [1.807, 2.05) is 13.8 Å². The largest absolute Gasteiger partial charge is 0.508 e. The molecule has 27 heavy (non-hydrogen) atoms. The number of carbonyl (C=O) groups is 1. The molecule has 0 radical (unpaired) electrons. The summed E-state index contributed by atoms with van der Waals surface area (Å²) in [6, 6.07) is 8.75. The molecule has 2 N–H and O–H groups in total. The molecule has 1 heterocycles. The molecule has 2 aromatic rings. The standard InChI is InChI=1S/C19H22N2O5S/c1-13-3-4-18(9-14(13)2)27(25,26)21-7-5-20(6-8-21)19(24)15-10-16(22)12-17(23)11-15/h3-4,9-12,22-23H,5-8H2,1-2H3. The fourth-order valence-corrected chi connectivity index (χ4v) is 4.56. The highest BCUT2D eigenvalue weighted by Gasteiger charge is 2.30. The van der Waals surface area contributed by atoms with Crippen molar-refractivity contribution in [3.05, 3.63) is 53.1 Å². The third-order valence-electron chi connectivity index (χ3n) is 4.79. The maximum Gasteiger partial charge on any atom is 0.254 e. The molecule has 3 rings (SSSR count). The van der Waals surface area contributed by atoms with Gasteiger partial charge in [-0.1, -0.05) is 6.07 Å². The van der Waals surface area contributed by atoms with Crippen LogP contribution in [0.1, 0.15) is 21.5 Å². The number of rotatable bonds is 3. The summed E-state index contributed by atoms with van der Waals surface area (Å²) in [5.41, 5.74) is 2.10. The van der Waals surface area contributed by atoms with Crippen molar-refractivity contribution in [3.63, 3.8) is 0 Å². The summed E-state index contributed by atoms with van der Waals surface area (Å²) in [5.74, 6) is -0.756. The van der Waals surface area contributed by atoms with E-state index in [-0.39, 0.29) is 54.0 Å². The first-order valence-corrected chi connectivity index (χ1v) is 10.0. The van der Waals surface area contributed by atoms with E-state index in [1.165, 1.54) is 21.3 Å². The van der Waals surface area contributed by atoms with Crippen molar-refractivity contribution in [1.29, 1.82) is 0 Å². The number of aromatic hydroxyl groups is 2. The Balaban J connectivity index is 1.72. The number of phenols is 2. The predicted octanol–water partition coefficient (Wildman–Crippen LogP) is 1.86. The van der Waals surface area contributed by atoms with Crippen molar-refractivity contribution in [2.75, 3.05) is 26.2 Å². The number of sulfonamides is 1. The van der Waals surface area contributed by atoms with Gasteiger partial charge in [-0.25, -0.2) is 8.42 Å². The lowest BCUT2D eigenvalue weighted by atomic mass is 10.1. The number of hydrogen-bond acceptors (Lipinski definition) is 5. The third kappa shape index (κ3) is 3.91. The Bertz CT molecular complexity index is 959. The van der Waals surface area contributed by atoms with Gasteiger partial charge in [0.25, 0.3) is 5.91 Å². The van der Waals surface area contributed by atoms with Gasteiger partial charge in [0.2, 0.25) is 10.0 Å². The van der Waals surface area contributed by atoms with Gasteiger partial charge in [-0.3, -0.25) is 4.79 Å². The fourth-order valence-electron chi connectivity index (χ4n) is 3.06. The number of benzene rings is 2. The van der Waals surface area contributed by atoms with Gasteiger partial charge in [-0.15, -0.1) is 0 Å². The van der Waals surface area contributed by atoms with E-state index in [2.05, 4.69) is 0 Å². The van der Waals surface area contributed by atoms with E-state index in [9.17, 15) is 23.4 Å². The molecule has 144 valence electrons. The van der Waals surface area contributed by atoms with Gasteiger partial charge in [0.1, 0.15) is 11.5 Å². The lowest BCUT2D eigenvalue weighted by Crippen LogP contribution is -2.50. The van der Waals surface area contributed by atoms with Gasteiger partial charge in [0, 0.05) is 37.8 Å². The highest BCUT2D eigenvalue weighted by atomic mass is 32.2. The zero-order valence-corrected chi connectivity index (χ0v) is 16.0. The highest BCUT2D eigenvalue weighted by molar-refractivity contribution is 7.89. The van der Waals surface area contributed by atoms with Crippen LogP contribution < -0.4 is 0 Å². The Morgan fingerprint density at radius 3 is 2.04 bits per heavy atom. The lowest BCUT2D eigenvalue weighted by Gasteiger charge is -2.34. The molecule has 0 saturated carbocycles. The molecular formula is C19H22N2O5S. The third-order valence-corrected chi connectivity index (χ3v) is 6.69. The Hall–Kier alpha value is -2.58. The summed E-state index contributed by atoms with van der Waals surface area (Å²) >= 11 is 0. The zero-order chi connectivity index (χ0) is 19.8. The smallest absolute Gasteiger partial charge is 0.254 e. The van der Waals surface area contributed by atoms with Crippen LogP contribution in [0, 0.1) is 13.8 Å². The van der Waals surface area contributed by atoms with Gasteiger partial charge in [-0.2, -0.15) is 4.31 Å². The Morgan fingerprint density at radius 2 is 1.48 bits per heavy atom. The lowest BCUT2D eigenvalue weighted by molar-refractivity contribution is 0.0697. The number of aryl methyl sites for hydroxylation is 2. The van der Waals surface area contributed by atoms with Crippen LogP contribution in [0.4, 0.5) is 0 Å². The predicted molar refractivity (Wildman–Crippen MR) is 100 cm³/mol. The molecule has 1 saturated heterocycles. The van der Waals surface area contributed by atoms with Crippen molar-refractivity contribution in [2.45, 2.75) is 18.7 Å². The molecule has 0 aromatic heterocycles. The number of hydrogen-bond donors (Lipinski definition) is 2. The molecule has 0 bridgehead atoms. The number of amides is 1. The van der Waals surface area contributed by atoms with E-state index >= 15 is 0 Å². The van der Waals surface area contributed by atoms with Gasteiger partial charge >= 0.3 is 0 Å². The van der Waals surface area contributed by atoms with Crippen LogP contribution in [0.5, 0.6) is 11.5 Å². The summed E-state index contributed by atoms with van der Waals surface area (Å²) in [6.45, 7) is 4.64. The number of phenolic OH excluding ortho intramolecular Hbond substituents is 2. The summed E-state index contributed by atoms with van der Waals surface area (Å²) in [7, 11) is -3.61. The Labute approximate surface area is 158 Å². The molecule has 1 aliphatic heterocycles. The quantitative estimate of drug-likeness (QED) is 0.834. The van der Waals surface area contributed by atoms with Gasteiger partial charge in [0.15, 0.2) is 0 Å². The van der Waals surface area contributed by atoms with E-state index in [0.29, 0.717) is 0 Å². The second-order valence-electron chi connectivity index (χ2n) is 6.68. The molecule has 7 nitrogen and oxygen atoms in total. The first-order valence-electron chi connectivity index (χ1n) is 8.58. The van der Waals surface area contributed by atoms with Crippen molar-refractivity contribution in [3.8, 4) is 11.5 Å². The minimum absolute atomic E-state index is 0.165. The van der Waals surface area contributed by atoms with Crippen LogP contribution in [-0.4, -0.2) is 59.9 Å². The van der Waals surface area contributed by atoms with Crippen LogP contribution >= 0.6 is 0 Å². The van der Waals surface area contributed by atoms with Gasteiger partial charge in [0.05, 0.1) is 4.90 Å². The second-order valence-corrected chi connectivity index (χ2v) is 8.62. The van der Waals surface area contributed by atoms with Crippen LogP contribution in [-0.2, 0) is 10.0 Å².